The molecule has 0 aliphatic carbocycles. The minimum absolute atomic E-state index is 0.333. The average molecular weight is 393 g/mol. The van der Waals surface area contributed by atoms with Gasteiger partial charge in [0, 0.05) is 17.5 Å². The Kier molecular flexibility index (Phi) is 7.14. The summed E-state index contributed by atoms with van der Waals surface area (Å²) in [6, 6.07) is 6.54. The van der Waals surface area contributed by atoms with Crippen LogP contribution in [-0.4, -0.2) is 44.3 Å². The Bertz CT molecular complexity index is 881. The van der Waals surface area contributed by atoms with E-state index in [-0.39, 0.29) is 5.91 Å². The van der Waals surface area contributed by atoms with Crippen LogP contribution < -0.4 is 31.4 Å². The van der Waals surface area contributed by atoms with E-state index in [1.807, 2.05) is 21.0 Å². The molecule has 146 valence electrons. The molecular weight excluding hydrogens is 368 g/mol. The van der Waals surface area contributed by atoms with Crippen LogP contribution in [0.1, 0.15) is 12.5 Å². The highest BCUT2D eigenvalue weighted by Crippen LogP contribution is 2.22. The number of rotatable bonds is 6. The Labute approximate surface area is 162 Å². The third kappa shape index (κ3) is 6.22. The van der Waals surface area contributed by atoms with Crippen LogP contribution in [-0.2, 0) is 4.79 Å². The molecule has 0 spiro atoms. The van der Waals surface area contributed by atoms with Gasteiger partial charge in [-0.05, 0) is 43.8 Å². The Morgan fingerprint density at radius 2 is 2.04 bits per heavy atom. The Morgan fingerprint density at radius 1 is 1.30 bits per heavy atom. The third-order valence-electron chi connectivity index (χ3n) is 3.81. The monoisotopic (exact) mass is 393 g/mol. The lowest BCUT2D eigenvalue weighted by Gasteiger charge is -2.17. The third-order valence-corrected chi connectivity index (χ3v) is 4.06. The molecule has 1 atom stereocenters. The Morgan fingerprint density at radius 3 is 2.74 bits per heavy atom. The van der Waals surface area contributed by atoms with Crippen molar-refractivity contribution in [3.05, 3.63) is 40.2 Å². The van der Waals surface area contributed by atoms with Gasteiger partial charge in [0.2, 0.25) is 0 Å². The molecule has 0 radical (unpaired) electrons. The van der Waals surface area contributed by atoms with Crippen LogP contribution in [0.3, 0.4) is 0 Å². The van der Waals surface area contributed by atoms with E-state index in [0.29, 0.717) is 23.0 Å². The molecule has 0 saturated heterocycles. The number of aryl methyl sites for hydroxylation is 1. The van der Waals surface area contributed by atoms with E-state index in [0.717, 1.165) is 17.5 Å². The van der Waals surface area contributed by atoms with Crippen LogP contribution in [0.4, 0.5) is 0 Å². The molecule has 1 aromatic carbocycles. The molecule has 0 aliphatic heterocycles. The van der Waals surface area contributed by atoms with Crippen molar-refractivity contribution in [1.82, 2.24) is 16.2 Å². The fourth-order valence-corrected chi connectivity index (χ4v) is 2.48. The summed E-state index contributed by atoms with van der Waals surface area (Å²) in [5, 5.41) is 4.14. The van der Waals surface area contributed by atoms with Gasteiger partial charge in [-0.1, -0.05) is 0 Å². The predicted molar refractivity (Wildman–Crippen MR) is 107 cm³/mol. The standard InChI is InChI=1S/C18H24N4O4S/c1-11-9-16(23)26-15-10-13(5-6-14(11)15)25-12(2)17(24)20-21-18(27)19-7-8-22(3)4/h5-6,9-10,12H,7-8H2,1-4H3,(H,20,24)(H2,19,21,27)/p+1/t12-/m0/s1. The minimum Gasteiger partial charge on any atom is -0.481 e. The van der Waals surface area contributed by atoms with Crippen molar-refractivity contribution in [2.75, 3.05) is 27.2 Å². The van der Waals surface area contributed by atoms with E-state index in [4.69, 9.17) is 21.4 Å². The number of carbonyl (C=O) groups is 1. The number of nitrogens with one attached hydrogen (secondary N) is 4. The zero-order valence-corrected chi connectivity index (χ0v) is 16.7. The highest BCUT2D eigenvalue weighted by Gasteiger charge is 2.15. The number of thiocarbonyl (C=S) groups is 1. The van der Waals surface area contributed by atoms with Crippen molar-refractivity contribution in [3.8, 4) is 5.75 Å². The maximum atomic E-state index is 12.1. The van der Waals surface area contributed by atoms with Gasteiger partial charge in [-0.2, -0.15) is 0 Å². The average Bonchev–Trinajstić information content (AvgIpc) is 2.58. The van der Waals surface area contributed by atoms with Crippen LogP contribution >= 0.6 is 12.2 Å². The summed E-state index contributed by atoms with van der Waals surface area (Å²) >= 11 is 5.09. The second kappa shape index (κ2) is 9.33. The second-order valence-electron chi connectivity index (χ2n) is 6.49. The van der Waals surface area contributed by atoms with Crippen molar-refractivity contribution in [2.45, 2.75) is 20.0 Å². The first-order valence-electron chi connectivity index (χ1n) is 8.60. The van der Waals surface area contributed by atoms with Crippen molar-refractivity contribution in [2.24, 2.45) is 0 Å². The SMILES string of the molecule is Cc1cc(=O)oc2cc(O[C@@H](C)C(=O)NNC(=S)NCC[NH+](C)C)ccc12. The molecule has 0 bridgehead atoms. The molecule has 9 heteroatoms. The fraction of sp³-hybridized carbons (Fsp3) is 0.389. The van der Waals surface area contributed by atoms with E-state index >= 15 is 0 Å². The molecule has 0 unspecified atom stereocenters. The van der Waals surface area contributed by atoms with E-state index in [1.165, 1.54) is 11.0 Å². The molecule has 1 aromatic heterocycles. The first kappa shape index (κ1) is 20.7. The number of fused-ring (bicyclic) bond motifs is 1. The number of amides is 1. The highest BCUT2D eigenvalue weighted by atomic mass is 32.1. The van der Waals surface area contributed by atoms with Crippen molar-refractivity contribution in [1.29, 1.82) is 0 Å². The first-order chi connectivity index (χ1) is 12.8. The van der Waals surface area contributed by atoms with Crippen LogP contribution in [0, 0.1) is 6.92 Å². The number of ether oxygens (including phenoxy) is 1. The number of carbonyl (C=O) groups excluding carboxylic acids is 1. The van der Waals surface area contributed by atoms with Gasteiger partial charge < -0.3 is 19.4 Å². The van der Waals surface area contributed by atoms with E-state index in [1.54, 1.807) is 25.1 Å². The zero-order valence-electron chi connectivity index (χ0n) is 15.8. The van der Waals surface area contributed by atoms with Gasteiger partial charge in [0.15, 0.2) is 11.2 Å². The van der Waals surface area contributed by atoms with Crippen molar-refractivity contribution in [3.63, 3.8) is 0 Å². The summed E-state index contributed by atoms with van der Waals surface area (Å²) < 4.78 is 10.8. The largest absolute Gasteiger partial charge is 0.481 e. The number of likely N-dealkylation sites (N-methyl/N-ethyl adjacent to an activating group) is 1. The van der Waals surface area contributed by atoms with Crippen molar-refractivity contribution < 1.29 is 18.8 Å². The molecule has 8 nitrogen and oxygen atoms in total. The molecule has 4 N–H and O–H groups in total. The summed E-state index contributed by atoms with van der Waals surface area (Å²) in [6.45, 7) is 5.03. The number of hydrazine groups is 1. The fourth-order valence-electron chi connectivity index (χ4n) is 2.33. The Hall–Kier alpha value is -2.65. The lowest BCUT2D eigenvalue weighted by atomic mass is 10.1. The van der Waals surface area contributed by atoms with Gasteiger partial charge in [0.1, 0.15) is 11.3 Å². The first-order valence-corrected chi connectivity index (χ1v) is 9.01. The van der Waals surface area contributed by atoms with Crippen LogP contribution in [0.25, 0.3) is 11.0 Å². The lowest BCUT2D eigenvalue weighted by molar-refractivity contribution is -0.856. The van der Waals surface area contributed by atoms with Gasteiger partial charge >= 0.3 is 5.63 Å². The molecule has 0 fully saturated rings. The normalized spacial score (nSPS) is 11.9. The van der Waals surface area contributed by atoms with Gasteiger partial charge in [-0.25, -0.2) is 4.79 Å². The molecule has 0 saturated carbocycles. The maximum Gasteiger partial charge on any atom is 0.336 e. The Balaban J connectivity index is 1.89. The quantitative estimate of drug-likeness (QED) is 0.299. The van der Waals surface area contributed by atoms with Crippen LogP contribution in [0.2, 0.25) is 0 Å². The number of quaternary nitrogens is 1. The minimum atomic E-state index is -0.777. The predicted octanol–water partition coefficient (Wildman–Crippen LogP) is -0.491. The van der Waals surface area contributed by atoms with E-state index in [2.05, 4.69) is 16.2 Å². The van der Waals surface area contributed by atoms with E-state index in [9.17, 15) is 9.59 Å². The smallest absolute Gasteiger partial charge is 0.336 e. The number of hydrogen-bond acceptors (Lipinski definition) is 5. The van der Waals surface area contributed by atoms with Crippen molar-refractivity contribution >= 4 is 34.2 Å². The molecule has 27 heavy (non-hydrogen) atoms. The summed E-state index contributed by atoms with van der Waals surface area (Å²) in [7, 11) is 4.08. The summed E-state index contributed by atoms with van der Waals surface area (Å²) in [6.07, 6.45) is -0.777. The molecular formula is C18H25N4O4S+. The topological polar surface area (TPSA) is 97.0 Å². The van der Waals surface area contributed by atoms with Gasteiger partial charge in [-0.15, -0.1) is 0 Å². The summed E-state index contributed by atoms with van der Waals surface area (Å²) in [5.41, 5.74) is 5.94. The molecule has 1 heterocycles. The molecule has 2 aromatic rings. The van der Waals surface area contributed by atoms with Crippen LogP contribution in [0.15, 0.2) is 33.5 Å². The second-order valence-corrected chi connectivity index (χ2v) is 6.90. The maximum absolute atomic E-state index is 12.1. The van der Waals surface area contributed by atoms with Gasteiger partial charge in [0.25, 0.3) is 5.91 Å². The molecule has 1 amide bonds. The highest BCUT2D eigenvalue weighted by molar-refractivity contribution is 7.80. The summed E-state index contributed by atoms with van der Waals surface area (Å²) in [4.78, 5) is 24.9. The van der Waals surface area contributed by atoms with Gasteiger partial charge in [-0.3, -0.25) is 15.6 Å². The number of hydrogen-bond donors (Lipinski definition) is 4. The number of benzene rings is 1. The van der Waals surface area contributed by atoms with Gasteiger partial charge in [0.05, 0.1) is 27.2 Å². The molecule has 2 rings (SSSR count). The van der Waals surface area contributed by atoms with E-state index < -0.39 is 11.7 Å². The zero-order chi connectivity index (χ0) is 20.0. The lowest BCUT2D eigenvalue weighted by Crippen LogP contribution is -3.06. The summed E-state index contributed by atoms with van der Waals surface area (Å²) in [5.74, 6) is 0.0386. The molecule has 0 aliphatic rings. The van der Waals surface area contributed by atoms with Crippen LogP contribution in [0.5, 0.6) is 5.75 Å².